The number of anilines is 1. The van der Waals surface area contributed by atoms with Crippen molar-refractivity contribution < 1.29 is 21.9 Å². The molecule has 1 fully saturated rings. The van der Waals surface area contributed by atoms with E-state index >= 15 is 0 Å². The minimum absolute atomic E-state index is 0.0195. The zero-order valence-corrected chi connectivity index (χ0v) is 17.7. The zero-order chi connectivity index (χ0) is 22.2. The van der Waals surface area contributed by atoms with Crippen molar-refractivity contribution in [3.8, 4) is 5.75 Å². The molecule has 31 heavy (non-hydrogen) atoms. The van der Waals surface area contributed by atoms with Crippen molar-refractivity contribution in [3.63, 3.8) is 0 Å². The van der Waals surface area contributed by atoms with Crippen LogP contribution >= 0.6 is 0 Å². The van der Waals surface area contributed by atoms with Crippen LogP contribution in [0, 0.1) is 11.6 Å². The Kier molecular flexibility index (Phi) is 5.38. The first kappa shape index (κ1) is 21.2. The Labute approximate surface area is 178 Å². The number of sulfonamides is 1. The second-order valence-corrected chi connectivity index (χ2v) is 9.27. The van der Waals surface area contributed by atoms with Crippen molar-refractivity contribution in [3.05, 3.63) is 60.3 Å². The molecule has 0 radical (unpaired) electrons. The van der Waals surface area contributed by atoms with E-state index in [1.807, 2.05) is 24.8 Å². The average molecular weight is 449 g/mol. The van der Waals surface area contributed by atoms with Gasteiger partial charge in [0.1, 0.15) is 35.1 Å². The van der Waals surface area contributed by atoms with Crippen molar-refractivity contribution in [2.75, 3.05) is 4.72 Å². The summed E-state index contributed by atoms with van der Waals surface area (Å²) in [7, 11) is -2.71. The van der Waals surface area contributed by atoms with Gasteiger partial charge in [-0.2, -0.15) is 5.10 Å². The summed E-state index contributed by atoms with van der Waals surface area (Å²) in [5, 5.41) is 4.19. The number of hydrogen-bond acceptors (Lipinski definition) is 6. The Balaban J connectivity index is 1.62. The Morgan fingerprint density at radius 3 is 2.58 bits per heavy atom. The lowest BCUT2D eigenvalue weighted by Crippen LogP contribution is -2.36. The molecule has 0 bridgehead atoms. The van der Waals surface area contributed by atoms with Crippen LogP contribution in [0.5, 0.6) is 5.75 Å². The molecule has 2 heterocycles. The first-order valence-corrected chi connectivity index (χ1v) is 11.1. The van der Waals surface area contributed by atoms with E-state index in [2.05, 4.69) is 15.1 Å². The second kappa shape index (κ2) is 7.88. The van der Waals surface area contributed by atoms with Crippen LogP contribution in [-0.2, 0) is 17.1 Å². The quantitative estimate of drug-likeness (QED) is 0.619. The lowest BCUT2D eigenvalue weighted by Gasteiger charge is -2.33. The molecule has 1 aromatic carbocycles. The van der Waals surface area contributed by atoms with E-state index in [9.17, 15) is 17.2 Å². The van der Waals surface area contributed by atoms with Gasteiger partial charge in [0.15, 0.2) is 4.90 Å². The molecule has 0 amide bonds. The third-order valence-corrected chi connectivity index (χ3v) is 6.94. The minimum Gasteiger partial charge on any atom is -0.487 e. The Morgan fingerprint density at radius 2 is 1.97 bits per heavy atom. The number of halogens is 2. The molecule has 1 aliphatic rings. The fourth-order valence-corrected chi connectivity index (χ4v) is 5.24. The first-order chi connectivity index (χ1) is 14.7. The van der Waals surface area contributed by atoms with E-state index in [4.69, 9.17) is 4.74 Å². The lowest BCUT2D eigenvalue weighted by atomic mass is 9.89. The number of rotatable bonds is 6. The van der Waals surface area contributed by atoms with E-state index in [0.29, 0.717) is 6.42 Å². The molecule has 0 aliphatic heterocycles. The summed E-state index contributed by atoms with van der Waals surface area (Å²) in [4.78, 5) is 6.27. The monoisotopic (exact) mass is 449 g/mol. The maximum absolute atomic E-state index is 14.8. The molecule has 1 saturated carbocycles. The highest BCUT2D eigenvalue weighted by Crippen LogP contribution is 2.45. The van der Waals surface area contributed by atoms with Gasteiger partial charge < -0.3 is 4.74 Å². The van der Waals surface area contributed by atoms with E-state index in [1.165, 1.54) is 12.3 Å². The molecule has 2 aromatic heterocycles. The van der Waals surface area contributed by atoms with E-state index < -0.39 is 32.2 Å². The van der Waals surface area contributed by atoms with E-state index in [1.54, 1.807) is 10.9 Å². The predicted octanol–water partition coefficient (Wildman–Crippen LogP) is 3.39. The molecular weight excluding hydrogens is 428 g/mol. The number of benzene rings is 1. The van der Waals surface area contributed by atoms with E-state index in [-0.39, 0.29) is 17.5 Å². The van der Waals surface area contributed by atoms with Crippen LogP contribution in [-0.4, -0.2) is 33.8 Å². The van der Waals surface area contributed by atoms with Crippen LogP contribution in [0.15, 0.2) is 47.9 Å². The summed E-state index contributed by atoms with van der Waals surface area (Å²) >= 11 is 0. The predicted molar refractivity (Wildman–Crippen MR) is 108 cm³/mol. The third-order valence-electron chi connectivity index (χ3n) is 5.53. The minimum atomic E-state index is -4.54. The molecule has 3 aromatic rings. The number of nitrogens with one attached hydrogen (secondary N) is 1. The average Bonchev–Trinajstić information content (AvgIpc) is 3.26. The van der Waals surface area contributed by atoms with Crippen LogP contribution in [0.25, 0.3) is 0 Å². The highest BCUT2D eigenvalue weighted by atomic mass is 32.2. The van der Waals surface area contributed by atoms with Gasteiger partial charge in [0.25, 0.3) is 10.0 Å². The van der Waals surface area contributed by atoms with Gasteiger partial charge >= 0.3 is 0 Å². The molecule has 0 saturated heterocycles. The number of hydrogen-bond donors (Lipinski definition) is 1. The molecule has 164 valence electrons. The van der Waals surface area contributed by atoms with Gasteiger partial charge in [-0.15, -0.1) is 0 Å². The van der Waals surface area contributed by atoms with Gasteiger partial charge in [-0.25, -0.2) is 27.2 Å². The van der Waals surface area contributed by atoms with Crippen LogP contribution in [0.2, 0.25) is 0 Å². The SMILES string of the molecule is Cn1nccc1[C@H]1CCC[C@@]1(C)Oc1cc(F)c(S(=O)(=O)Nc2ccncn2)c(F)c1. The van der Waals surface area contributed by atoms with Gasteiger partial charge in [0.05, 0.1) is 0 Å². The fraction of sp³-hybridized carbons (Fsp3) is 0.350. The van der Waals surface area contributed by atoms with Crippen LogP contribution in [0.4, 0.5) is 14.6 Å². The maximum atomic E-state index is 14.8. The number of ether oxygens (including phenoxy) is 1. The summed E-state index contributed by atoms with van der Waals surface area (Å²) in [6.07, 6.45) is 6.51. The lowest BCUT2D eigenvalue weighted by molar-refractivity contribution is 0.0743. The number of aromatic nitrogens is 4. The number of aryl methyl sites for hydroxylation is 1. The first-order valence-electron chi connectivity index (χ1n) is 9.64. The molecule has 0 spiro atoms. The molecule has 0 unspecified atom stereocenters. The molecule has 4 rings (SSSR count). The second-order valence-electron chi connectivity index (χ2n) is 7.66. The highest BCUT2D eigenvalue weighted by Gasteiger charge is 2.43. The van der Waals surface area contributed by atoms with Crippen LogP contribution < -0.4 is 9.46 Å². The largest absolute Gasteiger partial charge is 0.487 e. The van der Waals surface area contributed by atoms with Gasteiger partial charge in [-0.3, -0.25) is 9.40 Å². The van der Waals surface area contributed by atoms with Gasteiger partial charge in [-0.1, -0.05) is 0 Å². The molecule has 1 N–H and O–H groups in total. The molecular formula is C20H21F2N5O3S. The summed E-state index contributed by atoms with van der Waals surface area (Å²) in [5.41, 5.74) is 0.251. The fourth-order valence-electron chi connectivity index (χ4n) is 4.11. The molecule has 1 aliphatic carbocycles. The van der Waals surface area contributed by atoms with Crippen molar-refractivity contribution >= 4 is 15.8 Å². The molecule has 8 nitrogen and oxygen atoms in total. The Bertz CT molecular complexity index is 1180. The Morgan fingerprint density at radius 1 is 1.23 bits per heavy atom. The van der Waals surface area contributed by atoms with Crippen molar-refractivity contribution in [1.29, 1.82) is 0 Å². The standard InChI is InChI=1S/C20H21F2N5O3S/c1-20(7-3-4-14(20)17-5-9-25-27(17)2)30-13-10-15(21)19(16(22)11-13)31(28,29)26-18-6-8-23-12-24-18/h5-6,8-12,14H,3-4,7H2,1-2H3,(H,23,24,26)/t14-,20-/m1/s1. The summed E-state index contributed by atoms with van der Waals surface area (Å²) < 4.78 is 64.4. The Hall–Kier alpha value is -3.08. The summed E-state index contributed by atoms with van der Waals surface area (Å²) in [6.45, 7) is 1.88. The van der Waals surface area contributed by atoms with Gasteiger partial charge in [-0.05, 0) is 38.3 Å². The van der Waals surface area contributed by atoms with Crippen LogP contribution in [0.1, 0.15) is 37.8 Å². The molecule has 11 heteroatoms. The maximum Gasteiger partial charge on any atom is 0.268 e. The topological polar surface area (TPSA) is 99.0 Å². The summed E-state index contributed by atoms with van der Waals surface area (Å²) in [5.74, 6) is -2.71. The van der Waals surface area contributed by atoms with Crippen molar-refractivity contribution in [2.45, 2.75) is 42.6 Å². The van der Waals surface area contributed by atoms with Crippen LogP contribution in [0.3, 0.4) is 0 Å². The molecule has 2 atom stereocenters. The number of nitrogens with zero attached hydrogens (tertiary/aromatic N) is 4. The normalized spacial score (nSPS) is 21.2. The smallest absolute Gasteiger partial charge is 0.268 e. The summed E-state index contributed by atoms with van der Waals surface area (Å²) in [6, 6.07) is 4.95. The van der Waals surface area contributed by atoms with Gasteiger partial charge in [0, 0.05) is 43.2 Å². The van der Waals surface area contributed by atoms with Crippen molar-refractivity contribution in [2.24, 2.45) is 7.05 Å². The zero-order valence-electron chi connectivity index (χ0n) is 16.9. The third kappa shape index (κ3) is 4.09. The van der Waals surface area contributed by atoms with E-state index in [0.717, 1.165) is 37.0 Å². The highest BCUT2D eigenvalue weighted by molar-refractivity contribution is 7.92. The van der Waals surface area contributed by atoms with Gasteiger partial charge in [0.2, 0.25) is 0 Å². The van der Waals surface area contributed by atoms with Crippen molar-refractivity contribution in [1.82, 2.24) is 19.7 Å².